The minimum atomic E-state index is -0.111. The number of carbonyl (C=O) groups is 1. The molecule has 1 saturated carbocycles. The van der Waals surface area contributed by atoms with Gasteiger partial charge in [-0.1, -0.05) is 13.3 Å². The Morgan fingerprint density at radius 2 is 2.22 bits per heavy atom. The lowest BCUT2D eigenvalue weighted by Crippen LogP contribution is -2.24. The van der Waals surface area contributed by atoms with Crippen LogP contribution in [0.5, 0.6) is 0 Å². The smallest absolute Gasteiger partial charge is 0.220 e. The molecular formula is C7H13NO. The van der Waals surface area contributed by atoms with Gasteiger partial charge in [0, 0.05) is 5.92 Å². The van der Waals surface area contributed by atoms with Gasteiger partial charge in [-0.2, -0.15) is 0 Å². The normalized spacial score (nSPS) is 34.8. The molecule has 0 saturated heterocycles. The van der Waals surface area contributed by atoms with Crippen LogP contribution < -0.4 is 5.73 Å². The highest BCUT2D eigenvalue weighted by Gasteiger charge is 2.27. The van der Waals surface area contributed by atoms with Crippen LogP contribution in [0.3, 0.4) is 0 Å². The number of hydrogen-bond acceptors (Lipinski definition) is 1. The number of hydrogen-bond donors (Lipinski definition) is 1. The number of nitrogens with two attached hydrogens (primary N) is 1. The van der Waals surface area contributed by atoms with Crippen molar-refractivity contribution in [2.45, 2.75) is 26.2 Å². The van der Waals surface area contributed by atoms with E-state index in [4.69, 9.17) is 5.73 Å². The second-order valence-electron chi connectivity index (χ2n) is 2.92. The molecule has 1 unspecified atom stereocenters. The molecular weight excluding hydrogens is 114 g/mol. The Hall–Kier alpha value is -0.530. The second kappa shape index (κ2) is 2.38. The molecule has 1 rings (SSSR count). The van der Waals surface area contributed by atoms with E-state index in [1.165, 1.54) is 12.8 Å². The van der Waals surface area contributed by atoms with Gasteiger partial charge in [0.2, 0.25) is 5.91 Å². The standard InChI is InChI=1S/C7H13NO/c1-5-3-2-4-6(5)7(8)9/h5-6H,2-4H2,1H3,(H2,8,9)/t5?,6-/m1/s1. The third-order valence-electron chi connectivity index (χ3n) is 2.23. The van der Waals surface area contributed by atoms with Gasteiger partial charge in [0.05, 0.1) is 0 Å². The summed E-state index contributed by atoms with van der Waals surface area (Å²) in [5, 5.41) is 0. The Morgan fingerprint density at radius 1 is 1.56 bits per heavy atom. The Balaban J connectivity index is 2.49. The molecule has 0 bridgehead atoms. The lowest BCUT2D eigenvalue weighted by molar-refractivity contribution is -0.122. The summed E-state index contributed by atoms with van der Waals surface area (Å²) in [6.45, 7) is 2.10. The Bertz CT molecular complexity index is 122. The summed E-state index contributed by atoms with van der Waals surface area (Å²) in [5.41, 5.74) is 5.15. The van der Waals surface area contributed by atoms with Crippen molar-refractivity contribution < 1.29 is 4.79 Å². The SMILES string of the molecule is CC1CCC[C@H]1C(N)=O. The van der Waals surface area contributed by atoms with Gasteiger partial charge in [-0.3, -0.25) is 4.79 Å². The summed E-state index contributed by atoms with van der Waals surface area (Å²) in [7, 11) is 0. The van der Waals surface area contributed by atoms with Crippen molar-refractivity contribution >= 4 is 5.91 Å². The maximum atomic E-state index is 10.6. The molecule has 0 spiro atoms. The average molecular weight is 127 g/mol. The first-order valence-corrected chi connectivity index (χ1v) is 3.51. The van der Waals surface area contributed by atoms with Crippen LogP contribution in [0.1, 0.15) is 26.2 Å². The first kappa shape index (κ1) is 6.59. The molecule has 2 heteroatoms. The molecule has 1 amide bonds. The zero-order chi connectivity index (χ0) is 6.85. The van der Waals surface area contributed by atoms with E-state index in [0.717, 1.165) is 6.42 Å². The first-order valence-electron chi connectivity index (χ1n) is 3.51. The highest BCUT2D eigenvalue weighted by atomic mass is 16.1. The van der Waals surface area contributed by atoms with E-state index in [-0.39, 0.29) is 11.8 Å². The molecule has 2 nitrogen and oxygen atoms in total. The quantitative estimate of drug-likeness (QED) is 0.559. The van der Waals surface area contributed by atoms with E-state index in [0.29, 0.717) is 5.92 Å². The van der Waals surface area contributed by atoms with E-state index in [9.17, 15) is 4.79 Å². The largest absolute Gasteiger partial charge is 0.369 e. The molecule has 0 aromatic carbocycles. The topological polar surface area (TPSA) is 43.1 Å². The highest BCUT2D eigenvalue weighted by Crippen LogP contribution is 2.30. The van der Waals surface area contributed by atoms with Gasteiger partial charge in [0.1, 0.15) is 0 Å². The van der Waals surface area contributed by atoms with Crippen LogP contribution in [-0.4, -0.2) is 5.91 Å². The summed E-state index contributed by atoms with van der Waals surface area (Å²) >= 11 is 0. The van der Waals surface area contributed by atoms with Crippen molar-refractivity contribution in [1.29, 1.82) is 0 Å². The molecule has 1 aliphatic carbocycles. The van der Waals surface area contributed by atoms with Gasteiger partial charge in [-0.25, -0.2) is 0 Å². The molecule has 0 heterocycles. The lowest BCUT2D eigenvalue weighted by Gasteiger charge is -2.08. The number of carbonyl (C=O) groups excluding carboxylic acids is 1. The zero-order valence-corrected chi connectivity index (χ0v) is 5.76. The van der Waals surface area contributed by atoms with Crippen LogP contribution in [0.25, 0.3) is 0 Å². The van der Waals surface area contributed by atoms with Gasteiger partial charge in [-0.05, 0) is 18.8 Å². The van der Waals surface area contributed by atoms with E-state index in [2.05, 4.69) is 6.92 Å². The molecule has 9 heavy (non-hydrogen) atoms. The molecule has 0 aliphatic heterocycles. The molecule has 52 valence electrons. The summed E-state index contributed by atoms with van der Waals surface area (Å²) in [4.78, 5) is 10.6. The van der Waals surface area contributed by atoms with Gasteiger partial charge in [0.25, 0.3) is 0 Å². The van der Waals surface area contributed by atoms with Crippen LogP contribution in [0.2, 0.25) is 0 Å². The average Bonchev–Trinajstić information content (AvgIpc) is 2.13. The maximum absolute atomic E-state index is 10.6. The van der Waals surface area contributed by atoms with Gasteiger partial charge < -0.3 is 5.73 Å². The fraction of sp³-hybridized carbons (Fsp3) is 0.857. The van der Waals surface area contributed by atoms with Crippen molar-refractivity contribution in [3.05, 3.63) is 0 Å². The van der Waals surface area contributed by atoms with Crippen LogP contribution in [-0.2, 0) is 4.79 Å². The van der Waals surface area contributed by atoms with Crippen molar-refractivity contribution in [2.75, 3.05) is 0 Å². The fourth-order valence-corrected chi connectivity index (χ4v) is 1.57. The third-order valence-corrected chi connectivity index (χ3v) is 2.23. The third kappa shape index (κ3) is 1.23. The van der Waals surface area contributed by atoms with Gasteiger partial charge in [-0.15, -0.1) is 0 Å². The maximum Gasteiger partial charge on any atom is 0.220 e. The predicted octanol–water partition coefficient (Wildman–Crippen LogP) is 0.908. The molecule has 0 aromatic heterocycles. The van der Waals surface area contributed by atoms with Crippen molar-refractivity contribution in [1.82, 2.24) is 0 Å². The predicted molar refractivity (Wildman–Crippen MR) is 35.7 cm³/mol. The summed E-state index contributed by atoms with van der Waals surface area (Å²) in [5.74, 6) is 0.590. The molecule has 2 N–H and O–H groups in total. The number of amides is 1. The van der Waals surface area contributed by atoms with Crippen LogP contribution in [0.4, 0.5) is 0 Å². The van der Waals surface area contributed by atoms with Crippen LogP contribution >= 0.6 is 0 Å². The second-order valence-corrected chi connectivity index (χ2v) is 2.92. The summed E-state index contributed by atoms with van der Waals surface area (Å²) < 4.78 is 0. The molecule has 2 atom stereocenters. The Labute approximate surface area is 55.4 Å². The van der Waals surface area contributed by atoms with Crippen molar-refractivity contribution in [3.8, 4) is 0 Å². The zero-order valence-electron chi connectivity index (χ0n) is 5.76. The van der Waals surface area contributed by atoms with Gasteiger partial charge in [0.15, 0.2) is 0 Å². The van der Waals surface area contributed by atoms with Crippen LogP contribution in [0, 0.1) is 11.8 Å². The molecule has 0 radical (unpaired) electrons. The summed E-state index contributed by atoms with van der Waals surface area (Å²) in [6.07, 6.45) is 3.36. The number of rotatable bonds is 1. The van der Waals surface area contributed by atoms with Crippen LogP contribution in [0.15, 0.2) is 0 Å². The minimum Gasteiger partial charge on any atom is -0.369 e. The number of primary amides is 1. The Kier molecular flexibility index (Phi) is 1.74. The van der Waals surface area contributed by atoms with Crippen molar-refractivity contribution in [3.63, 3.8) is 0 Å². The minimum absolute atomic E-state index is 0.111. The fourth-order valence-electron chi connectivity index (χ4n) is 1.57. The van der Waals surface area contributed by atoms with E-state index in [1.807, 2.05) is 0 Å². The highest BCUT2D eigenvalue weighted by molar-refractivity contribution is 5.77. The molecule has 0 aromatic rings. The first-order chi connectivity index (χ1) is 4.22. The van der Waals surface area contributed by atoms with E-state index in [1.54, 1.807) is 0 Å². The van der Waals surface area contributed by atoms with Gasteiger partial charge >= 0.3 is 0 Å². The lowest BCUT2D eigenvalue weighted by atomic mass is 9.98. The van der Waals surface area contributed by atoms with E-state index < -0.39 is 0 Å². The van der Waals surface area contributed by atoms with Crippen molar-refractivity contribution in [2.24, 2.45) is 17.6 Å². The monoisotopic (exact) mass is 127 g/mol. The molecule has 1 fully saturated rings. The Morgan fingerprint density at radius 3 is 2.44 bits per heavy atom. The molecule has 1 aliphatic rings. The van der Waals surface area contributed by atoms with E-state index >= 15 is 0 Å². The summed E-state index contributed by atoms with van der Waals surface area (Å²) in [6, 6.07) is 0.